The number of rotatable bonds is 6. The number of para-hydroxylation sites is 1. The zero-order valence-electron chi connectivity index (χ0n) is 18.8. The van der Waals surface area contributed by atoms with Crippen molar-refractivity contribution >= 4 is 34.2 Å². The highest BCUT2D eigenvalue weighted by Gasteiger charge is 2.34. The van der Waals surface area contributed by atoms with Crippen molar-refractivity contribution in [2.75, 3.05) is 18.4 Å². The van der Waals surface area contributed by atoms with Crippen molar-refractivity contribution < 1.29 is 9.90 Å². The zero-order valence-corrected chi connectivity index (χ0v) is 19.6. The van der Waals surface area contributed by atoms with Crippen LogP contribution in [0.3, 0.4) is 0 Å². The lowest BCUT2D eigenvalue weighted by Crippen LogP contribution is -2.53. The monoisotopic (exact) mass is 475 g/mol. The molecular weight excluding hydrogens is 450 g/mol. The van der Waals surface area contributed by atoms with E-state index < -0.39 is 5.97 Å². The van der Waals surface area contributed by atoms with Gasteiger partial charge in [0.2, 0.25) is 0 Å². The van der Waals surface area contributed by atoms with E-state index in [-0.39, 0.29) is 17.5 Å². The van der Waals surface area contributed by atoms with Crippen molar-refractivity contribution in [2.24, 2.45) is 5.92 Å². The molecule has 8 heteroatoms. The molecule has 3 aromatic rings. The number of aromatic nitrogens is 1. The lowest BCUT2D eigenvalue weighted by molar-refractivity contribution is 0.0698. The maximum absolute atomic E-state index is 11.7. The van der Waals surface area contributed by atoms with E-state index >= 15 is 0 Å². The van der Waals surface area contributed by atoms with Gasteiger partial charge in [0.25, 0.3) is 0 Å². The molecule has 5 rings (SSSR count). The first-order valence-electron chi connectivity index (χ1n) is 11.5. The van der Waals surface area contributed by atoms with Crippen LogP contribution in [0.1, 0.15) is 58.9 Å². The second-order valence-corrected chi connectivity index (χ2v) is 9.58. The summed E-state index contributed by atoms with van der Waals surface area (Å²) in [4.78, 5) is 16.3. The zero-order chi connectivity index (χ0) is 23.8. The highest BCUT2D eigenvalue weighted by Crippen LogP contribution is 2.35. The molecule has 2 aromatic carbocycles. The van der Waals surface area contributed by atoms with Gasteiger partial charge in [0.05, 0.1) is 17.2 Å². The third-order valence-electron chi connectivity index (χ3n) is 6.76. The van der Waals surface area contributed by atoms with Crippen LogP contribution in [0, 0.1) is 17.2 Å². The number of carboxylic acid groups (broad SMARTS) is 1. The molecule has 1 aliphatic carbocycles. The van der Waals surface area contributed by atoms with Gasteiger partial charge in [0.15, 0.2) is 0 Å². The quantitative estimate of drug-likeness (QED) is 0.411. The Kier molecular flexibility index (Phi) is 6.13. The van der Waals surface area contributed by atoms with Crippen LogP contribution < -0.4 is 16.0 Å². The number of fused-ring (bicyclic) bond motifs is 1. The van der Waals surface area contributed by atoms with E-state index in [4.69, 9.17) is 11.6 Å². The summed E-state index contributed by atoms with van der Waals surface area (Å²) in [5.74, 6) is -0.155. The summed E-state index contributed by atoms with van der Waals surface area (Å²) < 4.78 is 0. The Balaban J connectivity index is 1.51. The molecule has 1 aromatic heterocycles. The molecule has 0 spiro atoms. The van der Waals surface area contributed by atoms with Gasteiger partial charge in [-0.3, -0.25) is 0 Å². The van der Waals surface area contributed by atoms with Crippen LogP contribution in [0.2, 0.25) is 5.02 Å². The predicted molar refractivity (Wildman–Crippen MR) is 132 cm³/mol. The number of halogens is 1. The lowest BCUT2D eigenvalue weighted by Gasteiger charge is -2.32. The van der Waals surface area contributed by atoms with Crippen molar-refractivity contribution in [1.29, 1.82) is 5.26 Å². The number of nitriles is 1. The average Bonchev–Trinajstić information content (AvgIpc) is 3.68. The van der Waals surface area contributed by atoms with Crippen LogP contribution in [-0.2, 0) is 0 Å². The van der Waals surface area contributed by atoms with Gasteiger partial charge >= 0.3 is 5.97 Å². The minimum atomic E-state index is -0.990. The van der Waals surface area contributed by atoms with Crippen LogP contribution in [0.25, 0.3) is 10.9 Å². The molecule has 2 heterocycles. The molecule has 2 fully saturated rings. The number of aromatic carboxylic acids is 1. The summed E-state index contributed by atoms with van der Waals surface area (Å²) in [6.07, 6.45) is 2.87. The van der Waals surface area contributed by atoms with E-state index in [2.05, 4.69) is 33.1 Å². The molecule has 0 bridgehead atoms. The maximum atomic E-state index is 11.7. The third kappa shape index (κ3) is 4.45. The Bertz CT molecular complexity index is 1290. The fourth-order valence-electron chi connectivity index (χ4n) is 4.81. The molecule has 34 heavy (non-hydrogen) atoms. The molecule has 4 N–H and O–H groups in total. The third-order valence-corrected chi connectivity index (χ3v) is 6.98. The number of hydrogen-bond acceptors (Lipinski definition) is 6. The first kappa shape index (κ1) is 22.6. The molecular formula is C26H26ClN5O2. The molecule has 7 nitrogen and oxygen atoms in total. The van der Waals surface area contributed by atoms with Crippen molar-refractivity contribution in [3.63, 3.8) is 0 Å². The minimum absolute atomic E-state index is 0.126. The lowest BCUT2D eigenvalue weighted by atomic mass is 9.91. The highest BCUT2D eigenvalue weighted by molar-refractivity contribution is 6.31. The summed E-state index contributed by atoms with van der Waals surface area (Å²) in [5.41, 5.74) is 3.60. The first-order chi connectivity index (χ1) is 16.4. The minimum Gasteiger partial charge on any atom is -0.478 e. The van der Waals surface area contributed by atoms with E-state index in [0.717, 1.165) is 29.6 Å². The summed E-state index contributed by atoms with van der Waals surface area (Å²) in [6.45, 7) is 3.54. The van der Waals surface area contributed by atoms with Gasteiger partial charge < -0.3 is 21.1 Å². The fraction of sp³-hybridized carbons (Fsp3) is 0.346. The Morgan fingerprint density at radius 3 is 2.65 bits per heavy atom. The number of benzene rings is 2. The molecule has 0 unspecified atom stereocenters. The van der Waals surface area contributed by atoms with Crippen LogP contribution in [-0.4, -0.2) is 35.3 Å². The highest BCUT2D eigenvalue weighted by atomic mass is 35.5. The molecule has 0 radical (unpaired) electrons. The molecule has 1 aliphatic heterocycles. The normalized spacial score (nSPS) is 21.1. The summed E-state index contributed by atoms with van der Waals surface area (Å²) in [6, 6.07) is 14.5. The number of nitrogens with zero attached hydrogens (tertiary/aromatic N) is 2. The van der Waals surface area contributed by atoms with E-state index in [9.17, 15) is 15.2 Å². The number of hydrogen-bond donors (Lipinski definition) is 4. The Morgan fingerprint density at radius 1 is 1.24 bits per heavy atom. The molecule has 1 atom stereocenters. The average molecular weight is 476 g/mol. The molecule has 0 amide bonds. The number of nitrogens with one attached hydrogen (secondary N) is 3. The van der Waals surface area contributed by atoms with E-state index in [1.54, 1.807) is 30.3 Å². The first-order valence-corrected chi connectivity index (χ1v) is 11.9. The molecule has 174 valence electrons. The standard InChI is InChI=1S/C26H26ClN5O2/c1-14(31-22-5-3-2-4-18(22)26(33)34)19-8-17(27)9-23-21(19)10-20(24(11-28)32-23)16-12-29-25(30-13-16)15-6-7-15/h2-5,8-10,14-16,25,29-31H,6-7,12-13H2,1H3,(H,33,34)/t14-,16?,25?/m1/s1. The Labute approximate surface area is 203 Å². The van der Waals surface area contributed by atoms with E-state index in [1.165, 1.54) is 12.8 Å². The van der Waals surface area contributed by atoms with Crippen LogP contribution >= 0.6 is 11.6 Å². The molecule has 1 saturated carbocycles. The van der Waals surface area contributed by atoms with Gasteiger partial charge in [-0.05, 0) is 67.1 Å². The van der Waals surface area contributed by atoms with Gasteiger partial charge in [-0.1, -0.05) is 23.7 Å². The topological polar surface area (TPSA) is 110 Å². The molecule has 1 saturated heterocycles. The van der Waals surface area contributed by atoms with Gasteiger partial charge in [-0.2, -0.15) is 5.26 Å². The van der Waals surface area contributed by atoms with Crippen molar-refractivity contribution in [3.05, 3.63) is 69.9 Å². The van der Waals surface area contributed by atoms with E-state index in [0.29, 0.717) is 34.0 Å². The summed E-state index contributed by atoms with van der Waals surface area (Å²) in [7, 11) is 0. The Morgan fingerprint density at radius 2 is 1.97 bits per heavy atom. The largest absolute Gasteiger partial charge is 0.478 e. The van der Waals surface area contributed by atoms with Crippen molar-refractivity contribution in [1.82, 2.24) is 15.6 Å². The fourth-order valence-corrected chi connectivity index (χ4v) is 5.03. The smallest absolute Gasteiger partial charge is 0.337 e. The second-order valence-electron chi connectivity index (χ2n) is 9.14. The van der Waals surface area contributed by atoms with Crippen molar-refractivity contribution in [3.8, 4) is 6.07 Å². The molecule has 2 aliphatic rings. The number of carbonyl (C=O) groups is 1. The number of pyridine rings is 1. The summed E-state index contributed by atoms with van der Waals surface area (Å²) in [5, 5.41) is 31.3. The second kappa shape index (κ2) is 9.22. The SMILES string of the molecule is C[C@@H](Nc1ccccc1C(=O)O)c1cc(Cl)cc2nc(C#N)c(C3CNC(C4CC4)NC3)cc12. The Hall–Kier alpha value is -3.18. The number of anilines is 1. The van der Waals surface area contributed by atoms with Gasteiger partial charge in [-0.25, -0.2) is 9.78 Å². The van der Waals surface area contributed by atoms with Crippen LogP contribution in [0.4, 0.5) is 5.69 Å². The van der Waals surface area contributed by atoms with E-state index in [1.807, 2.05) is 13.0 Å². The summed E-state index contributed by atoms with van der Waals surface area (Å²) >= 11 is 6.42. The predicted octanol–water partition coefficient (Wildman–Crippen LogP) is 4.64. The van der Waals surface area contributed by atoms with Gasteiger partial charge in [0.1, 0.15) is 11.8 Å². The van der Waals surface area contributed by atoms with Gasteiger partial charge in [-0.15, -0.1) is 0 Å². The van der Waals surface area contributed by atoms with Gasteiger partial charge in [0, 0.05) is 41.1 Å². The van der Waals surface area contributed by atoms with Crippen LogP contribution in [0.5, 0.6) is 0 Å². The maximum Gasteiger partial charge on any atom is 0.337 e. The van der Waals surface area contributed by atoms with Crippen molar-refractivity contribution in [2.45, 2.75) is 37.9 Å². The number of carboxylic acids is 1. The van der Waals surface area contributed by atoms with Crippen LogP contribution in [0.15, 0.2) is 42.5 Å².